The third kappa shape index (κ3) is 4.57. The Bertz CT molecular complexity index is 854. The van der Waals surface area contributed by atoms with E-state index in [1.54, 1.807) is 12.1 Å². The first kappa shape index (κ1) is 17.4. The lowest BCUT2D eigenvalue weighted by molar-refractivity contribution is -0.117. The van der Waals surface area contributed by atoms with Gasteiger partial charge < -0.3 is 9.64 Å². The quantitative estimate of drug-likeness (QED) is 0.741. The van der Waals surface area contributed by atoms with Crippen LogP contribution in [0.2, 0.25) is 0 Å². The monoisotopic (exact) mass is 363 g/mol. The minimum Gasteiger partial charge on any atom is -0.489 e. The maximum Gasteiger partial charge on any atom is 0.302 e. The number of carbonyl (C=O) groups is 1. The van der Waals surface area contributed by atoms with E-state index in [0.717, 1.165) is 5.56 Å². The molecule has 0 N–H and O–H groups in total. The molecule has 1 atom stereocenters. The second-order valence-electron chi connectivity index (χ2n) is 6.01. The zero-order valence-electron chi connectivity index (χ0n) is 13.5. The number of nitrogens with zero attached hydrogens (tertiary/aromatic N) is 1. The Balaban J connectivity index is 1.75. The van der Waals surface area contributed by atoms with Gasteiger partial charge in [-0.1, -0.05) is 36.4 Å². The second kappa shape index (κ2) is 7.23. The standard InChI is InChI=1S/C18H18FNO4S/c19-25(22,23)13-14-10-18(21)20(11-14)17-9-5-4-6-15(17)12-24-16-7-2-1-3-8-16/h1-9,14H,10-13H2. The minimum atomic E-state index is -4.60. The number of benzene rings is 2. The van der Waals surface area contributed by atoms with Gasteiger partial charge in [0.05, 0.1) is 11.4 Å². The topological polar surface area (TPSA) is 63.7 Å². The van der Waals surface area contributed by atoms with Gasteiger partial charge in [-0.25, -0.2) is 0 Å². The molecule has 0 aliphatic carbocycles. The number of hydrogen-bond donors (Lipinski definition) is 0. The van der Waals surface area contributed by atoms with Crippen molar-refractivity contribution in [3.63, 3.8) is 0 Å². The molecule has 1 aliphatic heterocycles. The maximum absolute atomic E-state index is 12.9. The van der Waals surface area contributed by atoms with Crippen LogP contribution >= 0.6 is 0 Å². The molecule has 0 saturated carbocycles. The van der Waals surface area contributed by atoms with Gasteiger partial charge in [-0.3, -0.25) is 4.79 Å². The predicted molar refractivity (Wildman–Crippen MR) is 92.6 cm³/mol. The van der Waals surface area contributed by atoms with Crippen LogP contribution in [0.3, 0.4) is 0 Å². The Labute approximate surface area is 146 Å². The summed E-state index contributed by atoms with van der Waals surface area (Å²) in [5, 5.41) is 0. The molecule has 3 rings (SSSR count). The summed E-state index contributed by atoms with van der Waals surface area (Å²) < 4.78 is 40.3. The number of halogens is 1. The van der Waals surface area contributed by atoms with E-state index in [-0.39, 0.29) is 25.5 Å². The second-order valence-corrected chi connectivity index (χ2v) is 7.42. The van der Waals surface area contributed by atoms with Crippen LogP contribution in [0, 0.1) is 5.92 Å². The third-order valence-electron chi connectivity index (χ3n) is 4.06. The van der Waals surface area contributed by atoms with E-state index in [4.69, 9.17) is 4.74 Å². The van der Waals surface area contributed by atoms with Gasteiger partial charge in [0.1, 0.15) is 12.4 Å². The number of carbonyl (C=O) groups excluding carboxylic acids is 1. The highest BCUT2D eigenvalue weighted by atomic mass is 32.3. The average Bonchev–Trinajstić information content (AvgIpc) is 2.92. The first-order chi connectivity index (χ1) is 11.9. The van der Waals surface area contributed by atoms with Gasteiger partial charge in [-0.05, 0) is 18.2 Å². The van der Waals surface area contributed by atoms with Crippen LogP contribution in [0.15, 0.2) is 54.6 Å². The molecule has 0 bridgehead atoms. The van der Waals surface area contributed by atoms with E-state index in [2.05, 4.69) is 0 Å². The van der Waals surface area contributed by atoms with Crippen molar-refractivity contribution in [1.29, 1.82) is 0 Å². The van der Waals surface area contributed by atoms with Crippen LogP contribution in [0.1, 0.15) is 12.0 Å². The highest BCUT2D eigenvalue weighted by Gasteiger charge is 2.34. The number of rotatable bonds is 6. The molecule has 2 aromatic rings. The van der Waals surface area contributed by atoms with Crippen molar-refractivity contribution in [2.75, 3.05) is 17.2 Å². The molecule has 1 fully saturated rings. The summed E-state index contributed by atoms with van der Waals surface area (Å²) in [5.41, 5.74) is 1.48. The number of amides is 1. The van der Waals surface area contributed by atoms with Crippen LogP contribution in [0.25, 0.3) is 0 Å². The molecule has 5 nitrogen and oxygen atoms in total. The van der Waals surface area contributed by atoms with Gasteiger partial charge in [0.15, 0.2) is 0 Å². The molecule has 1 aliphatic rings. The fourth-order valence-corrected chi connectivity index (χ4v) is 3.77. The van der Waals surface area contributed by atoms with Crippen molar-refractivity contribution < 1.29 is 21.8 Å². The maximum atomic E-state index is 12.9. The van der Waals surface area contributed by atoms with E-state index in [1.807, 2.05) is 42.5 Å². The first-order valence-electron chi connectivity index (χ1n) is 7.91. The van der Waals surface area contributed by atoms with Gasteiger partial charge in [0, 0.05) is 24.4 Å². The minimum absolute atomic E-state index is 0.0248. The molecule has 2 aromatic carbocycles. The summed E-state index contributed by atoms with van der Waals surface area (Å²) >= 11 is 0. The Morgan fingerprint density at radius 2 is 1.76 bits per heavy atom. The summed E-state index contributed by atoms with van der Waals surface area (Å²) in [5.74, 6) is -0.657. The molecule has 1 amide bonds. The number of anilines is 1. The molecule has 25 heavy (non-hydrogen) atoms. The lowest BCUT2D eigenvalue weighted by Gasteiger charge is -2.20. The van der Waals surface area contributed by atoms with Gasteiger partial charge in [0.2, 0.25) is 5.91 Å². The Kier molecular flexibility index (Phi) is 5.03. The highest BCUT2D eigenvalue weighted by molar-refractivity contribution is 7.86. The molecule has 1 saturated heterocycles. The summed E-state index contributed by atoms with van der Waals surface area (Å²) in [6, 6.07) is 16.6. The van der Waals surface area contributed by atoms with E-state index in [0.29, 0.717) is 11.4 Å². The number of hydrogen-bond acceptors (Lipinski definition) is 4. The molecular formula is C18H18FNO4S. The smallest absolute Gasteiger partial charge is 0.302 e. The molecule has 7 heteroatoms. The van der Waals surface area contributed by atoms with Crippen molar-refractivity contribution in [3.8, 4) is 5.75 Å². The summed E-state index contributed by atoms with van der Waals surface area (Å²) in [7, 11) is -4.60. The SMILES string of the molecule is O=C1CC(CS(=O)(=O)F)CN1c1ccccc1COc1ccccc1. The normalized spacial score (nSPS) is 17.7. The molecule has 0 radical (unpaired) electrons. The third-order valence-corrected chi connectivity index (χ3v) is 4.93. The van der Waals surface area contributed by atoms with Crippen molar-refractivity contribution in [1.82, 2.24) is 0 Å². The zero-order valence-corrected chi connectivity index (χ0v) is 14.3. The summed E-state index contributed by atoms with van der Waals surface area (Å²) in [4.78, 5) is 13.8. The average molecular weight is 363 g/mol. The zero-order chi connectivity index (χ0) is 17.9. The van der Waals surface area contributed by atoms with Gasteiger partial charge in [-0.2, -0.15) is 8.42 Å². The largest absolute Gasteiger partial charge is 0.489 e. The van der Waals surface area contributed by atoms with E-state index in [1.165, 1.54) is 4.90 Å². The molecular weight excluding hydrogens is 345 g/mol. The summed E-state index contributed by atoms with van der Waals surface area (Å²) in [6.07, 6.45) is 0.0248. The van der Waals surface area contributed by atoms with E-state index >= 15 is 0 Å². The Morgan fingerprint density at radius 1 is 1.08 bits per heavy atom. The lowest BCUT2D eigenvalue weighted by atomic mass is 10.1. The van der Waals surface area contributed by atoms with Crippen LogP contribution in [-0.4, -0.2) is 26.6 Å². The van der Waals surface area contributed by atoms with Crippen LogP contribution in [-0.2, 0) is 21.6 Å². The molecule has 1 heterocycles. The Hall–Kier alpha value is -2.41. The summed E-state index contributed by atoms with van der Waals surface area (Å²) in [6.45, 7) is 0.459. The molecule has 0 aromatic heterocycles. The fraction of sp³-hybridized carbons (Fsp3) is 0.278. The molecule has 1 unspecified atom stereocenters. The first-order valence-corrected chi connectivity index (χ1v) is 9.46. The van der Waals surface area contributed by atoms with Crippen molar-refractivity contribution in [2.45, 2.75) is 13.0 Å². The van der Waals surface area contributed by atoms with E-state index in [9.17, 15) is 17.1 Å². The number of para-hydroxylation sites is 2. The highest BCUT2D eigenvalue weighted by Crippen LogP contribution is 2.29. The predicted octanol–water partition coefficient (Wildman–Crippen LogP) is 2.92. The fourth-order valence-electron chi connectivity index (χ4n) is 2.98. The van der Waals surface area contributed by atoms with Gasteiger partial charge in [0.25, 0.3) is 0 Å². The van der Waals surface area contributed by atoms with Crippen LogP contribution < -0.4 is 9.64 Å². The molecule has 132 valence electrons. The van der Waals surface area contributed by atoms with E-state index < -0.39 is 21.9 Å². The van der Waals surface area contributed by atoms with Crippen LogP contribution in [0.4, 0.5) is 9.57 Å². The van der Waals surface area contributed by atoms with Crippen molar-refractivity contribution in [2.24, 2.45) is 5.92 Å². The van der Waals surface area contributed by atoms with Crippen molar-refractivity contribution in [3.05, 3.63) is 60.2 Å². The number of ether oxygens (including phenoxy) is 1. The van der Waals surface area contributed by atoms with Gasteiger partial charge in [-0.15, -0.1) is 3.89 Å². The molecule has 0 spiro atoms. The lowest BCUT2D eigenvalue weighted by Crippen LogP contribution is -2.26. The van der Waals surface area contributed by atoms with Gasteiger partial charge >= 0.3 is 10.2 Å². The van der Waals surface area contributed by atoms with Crippen LogP contribution in [0.5, 0.6) is 5.75 Å². The Morgan fingerprint density at radius 3 is 2.48 bits per heavy atom. The van der Waals surface area contributed by atoms with Crippen molar-refractivity contribution >= 4 is 21.8 Å².